The molecule has 0 amide bonds. The molecule has 4 rings (SSSR count). The van der Waals surface area contributed by atoms with Crippen molar-refractivity contribution in [3.05, 3.63) is 70.0 Å². The maximum atomic E-state index is 12.2. The van der Waals surface area contributed by atoms with Crippen LogP contribution in [0.25, 0.3) is 23.1 Å². The van der Waals surface area contributed by atoms with E-state index in [-0.39, 0.29) is 17.4 Å². The summed E-state index contributed by atoms with van der Waals surface area (Å²) in [7, 11) is 0. The van der Waals surface area contributed by atoms with E-state index in [0.29, 0.717) is 35.1 Å². The van der Waals surface area contributed by atoms with Crippen molar-refractivity contribution < 1.29 is 18.6 Å². The minimum atomic E-state index is -0.907. The van der Waals surface area contributed by atoms with Crippen molar-refractivity contribution in [1.29, 1.82) is 0 Å². The zero-order valence-electron chi connectivity index (χ0n) is 15.7. The Bertz CT molecular complexity index is 1190. The van der Waals surface area contributed by atoms with E-state index in [1.807, 2.05) is 0 Å². The fraction of sp³-hybridized carbons (Fsp3) is 0.158. The van der Waals surface area contributed by atoms with E-state index in [2.05, 4.69) is 20.2 Å². The van der Waals surface area contributed by atoms with Crippen LogP contribution >= 0.6 is 0 Å². The van der Waals surface area contributed by atoms with Crippen molar-refractivity contribution in [2.45, 2.75) is 13.5 Å². The Morgan fingerprint density at radius 3 is 2.70 bits per heavy atom. The predicted molar refractivity (Wildman–Crippen MR) is 102 cm³/mol. The van der Waals surface area contributed by atoms with Crippen LogP contribution in [0.3, 0.4) is 0 Å². The van der Waals surface area contributed by atoms with Crippen molar-refractivity contribution in [3.63, 3.8) is 0 Å². The molecule has 0 spiro atoms. The Hall–Kier alpha value is -4.15. The standard InChI is InChI=1S/C19H15FN6O4/c1-12-21-18(23-25(12)10-13-3-2-4-15(9-13)26(27)28)19-22-17(24-30-19)14-5-7-16(8-6-14)29-11-20/h2-9H,10-11H2,1H3. The first kappa shape index (κ1) is 19.2. The lowest BCUT2D eigenvalue weighted by atomic mass is 10.2. The fourth-order valence-corrected chi connectivity index (χ4v) is 2.80. The number of aryl methyl sites for hydroxylation is 1. The van der Waals surface area contributed by atoms with E-state index in [1.54, 1.807) is 48.0 Å². The van der Waals surface area contributed by atoms with Crippen molar-refractivity contribution in [1.82, 2.24) is 24.9 Å². The zero-order valence-corrected chi connectivity index (χ0v) is 15.7. The van der Waals surface area contributed by atoms with Gasteiger partial charge in [0, 0.05) is 17.7 Å². The van der Waals surface area contributed by atoms with Crippen LogP contribution in [-0.4, -0.2) is 36.7 Å². The maximum Gasteiger partial charge on any atom is 0.297 e. The van der Waals surface area contributed by atoms with Gasteiger partial charge in [0.15, 0.2) is 0 Å². The SMILES string of the molecule is Cc1nc(-c2nc(-c3ccc(OCF)cc3)no2)nn1Cc1cccc([N+](=O)[O-])c1. The molecular formula is C19H15FN6O4. The number of nitro groups is 1. The van der Waals surface area contributed by atoms with Crippen LogP contribution in [0.2, 0.25) is 0 Å². The summed E-state index contributed by atoms with van der Waals surface area (Å²) in [5.41, 5.74) is 1.38. The number of nitrogens with zero attached hydrogens (tertiary/aromatic N) is 6. The molecule has 0 radical (unpaired) electrons. The van der Waals surface area contributed by atoms with Crippen LogP contribution < -0.4 is 4.74 Å². The monoisotopic (exact) mass is 410 g/mol. The first-order valence-electron chi connectivity index (χ1n) is 8.81. The lowest BCUT2D eigenvalue weighted by Gasteiger charge is -2.02. The molecule has 0 aliphatic rings. The minimum Gasteiger partial charge on any atom is -0.463 e. The Labute approximate surface area is 169 Å². The molecule has 30 heavy (non-hydrogen) atoms. The van der Waals surface area contributed by atoms with E-state index in [9.17, 15) is 14.5 Å². The molecule has 11 heteroatoms. The molecule has 2 heterocycles. The van der Waals surface area contributed by atoms with E-state index in [4.69, 9.17) is 9.26 Å². The van der Waals surface area contributed by atoms with Crippen LogP contribution in [0.4, 0.5) is 10.1 Å². The summed E-state index contributed by atoms with van der Waals surface area (Å²) < 4.78 is 23.8. The first-order chi connectivity index (χ1) is 14.5. The number of halogens is 1. The average molecular weight is 410 g/mol. The van der Waals surface area contributed by atoms with Gasteiger partial charge in [-0.15, -0.1) is 5.10 Å². The van der Waals surface area contributed by atoms with Crippen LogP contribution in [0.15, 0.2) is 53.1 Å². The van der Waals surface area contributed by atoms with E-state index >= 15 is 0 Å². The van der Waals surface area contributed by atoms with Gasteiger partial charge in [-0.05, 0) is 36.8 Å². The van der Waals surface area contributed by atoms with Crippen LogP contribution in [0.1, 0.15) is 11.4 Å². The molecule has 152 valence electrons. The summed E-state index contributed by atoms with van der Waals surface area (Å²) in [5, 5.41) is 19.3. The van der Waals surface area contributed by atoms with Gasteiger partial charge in [0.05, 0.1) is 11.5 Å². The number of aromatic nitrogens is 5. The van der Waals surface area contributed by atoms with E-state index in [1.165, 1.54) is 12.1 Å². The smallest absolute Gasteiger partial charge is 0.297 e. The Morgan fingerprint density at radius 2 is 1.97 bits per heavy atom. The highest BCUT2D eigenvalue weighted by Gasteiger charge is 2.17. The van der Waals surface area contributed by atoms with E-state index in [0.717, 1.165) is 0 Å². The number of hydrogen-bond donors (Lipinski definition) is 0. The number of ether oxygens (including phenoxy) is 1. The number of benzene rings is 2. The third-order valence-electron chi connectivity index (χ3n) is 4.26. The average Bonchev–Trinajstić information content (AvgIpc) is 3.36. The van der Waals surface area contributed by atoms with Gasteiger partial charge in [0.2, 0.25) is 18.5 Å². The molecule has 10 nitrogen and oxygen atoms in total. The maximum absolute atomic E-state index is 12.2. The number of non-ortho nitro benzene ring substituents is 1. The summed E-state index contributed by atoms with van der Waals surface area (Å²) in [6.45, 7) is 1.15. The first-order valence-corrected chi connectivity index (χ1v) is 8.81. The Balaban J connectivity index is 1.55. The highest BCUT2D eigenvalue weighted by molar-refractivity contribution is 5.57. The molecule has 0 fully saturated rings. The van der Waals surface area contributed by atoms with Gasteiger partial charge in [0.25, 0.3) is 11.6 Å². The van der Waals surface area contributed by atoms with Gasteiger partial charge in [-0.1, -0.05) is 17.3 Å². The summed E-state index contributed by atoms with van der Waals surface area (Å²) in [4.78, 5) is 19.2. The normalized spacial score (nSPS) is 10.9. The van der Waals surface area contributed by atoms with Gasteiger partial charge in [0.1, 0.15) is 11.6 Å². The number of alkyl halides is 1. The minimum absolute atomic E-state index is 0.00923. The highest BCUT2D eigenvalue weighted by atomic mass is 19.1. The van der Waals surface area contributed by atoms with Crippen LogP contribution in [0, 0.1) is 17.0 Å². The summed E-state index contributed by atoms with van der Waals surface area (Å²) in [6, 6.07) is 12.9. The van der Waals surface area contributed by atoms with E-state index < -0.39 is 11.8 Å². The molecule has 0 unspecified atom stereocenters. The number of hydrogen-bond acceptors (Lipinski definition) is 8. The topological polar surface area (TPSA) is 122 Å². The van der Waals surface area contributed by atoms with Crippen molar-refractivity contribution in [2.24, 2.45) is 0 Å². The third kappa shape index (κ3) is 3.99. The lowest BCUT2D eigenvalue weighted by Crippen LogP contribution is -2.04. The molecule has 2 aromatic heterocycles. The van der Waals surface area contributed by atoms with Gasteiger partial charge < -0.3 is 9.26 Å². The molecule has 0 saturated heterocycles. The highest BCUT2D eigenvalue weighted by Crippen LogP contribution is 2.23. The van der Waals surface area contributed by atoms with Crippen molar-refractivity contribution in [3.8, 4) is 28.9 Å². The lowest BCUT2D eigenvalue weighted by molar-refractivity contribution is -0.384. The fourth-order valence-electron chi connectivity index (χ4n) is 2.80. The molecule has 0 N–H and O–H groups in total. The van der Waals surface area contributed by atoms with Crippen molar-refractivity contribution >= 4 is 5.69 Å². The number of rotatable bonds is 7. The van der Waals surface area contributed by atoms with Gasteiger partial charge in [-0.25, -0.2) is 14.1 Å². The second-order valence-electron chi connectivity index (χ2n) is 6.27. The summed E-state index contributed by atoms with van der Waals surface area (Å²) in [5.74, 6) is 1.68. The summed E-state index contributed by atoms with van der Waals surface area (Å²) in [6.07, 6.45) is 0. The largest absolute Gasteiger partial charge is 0.463 e. The molecule has 0 saturated carbocycles. The Morgan fingerprint density at radius 1 is 1.17 bits per heavy atom. The molecule has 2 aromatic carbocycles. The molecule has 0 bridgehead atoms. The van der Waals surface area contributed by atoms with Crippen molar-refractivity contribution in [2.75, 3.05) is 6.86 Å². The predicted octanol–water partition coefficient (Wildman–Crippen LogP) is 3.57. The quantitative estimate of drug-likeness (QED) is 0.335. The van der Waals surface area contributed by atoms with Gasteiger partial charge >= 0.3 is 0 Å². The molecule has 4 aromatic rings. The van der Waals surface area contributed by atoms with Crippen LogP contribution in [-0.2, 0) is 6.54 Å². The third-order valence-corrected chi connectivity index (χ3v) is 4.26. The molecule has 0 aliphatic heterocycles. The molecule has 0 atom stereocenters. The second-order valence-corrected chi connectivity index (χ2v) is 6.27. The molecular weight excluding hydrogens is 395 g/mol. The van der Waals surface area contributed by atoms with Gasteiger partial charge in [-0.3, -0.25) is 10.1 Å². The molecule has 0 aliphatic carbocycles. The number of nitro benzene ring substituents is 1. The summed E-state index contributed by atoms with van der Waals surface area (Å²) >= 11 is 0. The van der Waals surface area contributed by atoms with Gasteiger partial charge in [-0.2, -0.15) is 4.98 Å². The zero-order chi connectivity index (χ0) is 21.1. The Kier molecular flexibility index (Phi) is 5.16. The van der Waals surface area contributed by atoms with Crippen LogP contribution in [0.5, 0.6) is 5.75 Å². The second kappa shape index (κ2) is 8.07.